The summed E-state index contributed by atoms with van der Waals surface area (Å²) in [5.74, 6) is 0.821. The lowest BCUT2D eigenvalue weighted by Crippen LogP contribution is -2.47. The first-order valence-corrected chi connectivity index (χ1v) is 7.54. The molecule has 1 N–H and O–H groups in total. The zero-order valence-electron chi connectivity index (χ0n) is 11.5. The van der Waals surface area contributed by atoms with Crippen LogP contribution in [0.4, 0.5) is 11.1 Å². The number of thiazole rings is 1. The predicted octanol–water partition coefficient (Wildman–Crippen LogP) is 0.979. The molecule has 0 unspecified atom stereocenters. The standard InChI is InChI=1S/C13H18N6S/c1-14-9-11-10-17-13(20-11)19-7-5-18(6-8-19)12-15-3-2-4-16-12/h2-4,10,14H,5-9H2,1H3. The maximum atomic E-state index is 4.51. The Morgan fingerprint density at radius 1 is 1.10 bits per heavy atom. The van der Waals surface area contributed by atoms with Gasteiger partial charge in [-0.1, -0.05) is 0 Å². The second kappa shape index (κ2) is 6.15. The number of nitrogens with one attached hydrogen (secondary N) is 1. The molecule has 3 heterocycles. The van der Waals surface area contributed by atoms with Crippen LogP contribution in [-0.4, -0.2) is 48.2 Å². The van der Waals surface area contributed by atoms with Crippen LogP contribution in [-0.2, 0) is 6.54 Å². The van der Waals surface area contributed by atoms with Crippen LogP contribution in [0.3, 0.4) is 0 Å². The van der Waals surface area contributed by atoms with E-state index >= 15 is 0 Å². The highest BCUT2D eigenvalue weighted by atomic mass is 32.1. The summed E-state index contributed by atoms with van der Waals surface area (Å²) in [4.78, 5) is 19.0. The normalized spacial score (nSPS) is 15.7. The van der Waals surface area contributed by atoms with Crippen LogP contribution in [0.5, 0.6) is 0 Å². The lowest BCUT2D eigenvalue weighted by atomic mass is 10.3. The number of rotatable bonds is 4. The van der Waals surface area contributed by atoms with E-state index in [1.54, 1.807) is 23.7 Å². The van der Waals surface area contributed by atoms with E-state index in [0.717, 1.165) is 43.8 Å². The Kier molecular flexibility index (Phi) is 4.08. The lowest BCUT2D eigenvalue weighted by molar-refractivity contribution is 0.638. The van der Waals surface area contributed by atoms with Gasteiger partial charge in [0.1, 0.15) is 0 Å². The number of anilines is 2. The van der Waals surface area contributed by atoms with Gasteiger partial charge in [0.15, 0.2) is 5.13 Å². The molecule has 3 rings (SSSR count). The van der Waals surface area contributed by atoms with Crippen molar-refractivity contribution in [1.82, 2.24) is 20.3 Å². The van der Waals surface area contributed by atoms with E-state index in [1.165, 1.54) is 4.88 Å². The van der Waals surface area contributed by atoms with Crippen molar-refractivity contribution in [3.63, 3.8) is 0 Å². The van der Waals surface area contributed by atoms with Gasteiger partial charge in [-0.3, -0.25) is 0 Å². The van der Waals surface area contributed by atoms with Crippen LogP contribution in [0.1, 0.15) is 4.88 Å². The van der Waals surface area contributed by atoms with Crippen molar-refractivity contribution in [3.8, 4) is 0 Å². The first-order chi connectivity index (χ1) is 9.86. The van der Waals surface area contributed by atoms with E-state index in [2.05, 4.69) is 30.1 Å². The molecule has 1 saturated heterocycles. The maximum absolute atomic E-state index is 4.51. The second-order valence-corrected chi connectivity index (χ2v) is 5.76. The monoisotopic (exact) mass is 290 g/mol. The summed E-state index contributed by atoms with van der Waals surface area (Å²) in [6.45, 7) is 4.68. The average Bonchev–Trinajstić information content (AvgIpc) is 2.97. The summed E-state index contributed by atoms with van der Waals surface area (Å²) in [5.41, 5.74) is 0. The molecule has 0 spiro atoms. The first-order valence-electron chi connectivity index (χ1n) is 6.73. The zero-order valence-corrected chi connectivity index (χ0v) is 12.3. The van der Waals surface area contributed by atoms with E-state index in [4.69, 9.17) is 0 Å². The highest BCUT2D eigenvalue weighted by molar-refractivity contribution is 7.15. The molecular formula is C13H18N6S. The smallest absolute Gasteiger partial charge is 0.225 e. The Morgan fingerprint density at radius 3 is 2.50 bits per heavy atom. The molecule has 106 valence electrons. The Morgan fingerprint density at radius 2 is 1.80 bits per heavy atom. The van der Waals surface area contributed by atoms with Crippen LogP contribution in [0.2, 0.25) is 0 Å². The topological polar surface area (TPSA) is 57.2 Å². The fourth-order valence-corrected chi connectivity index (χ4v) is 3.23. The van der Waals surface area contributed by atoms with Crippen LogP contribution in [0.15, 0.2) is 24.7 Å². The molecule has 2 aromatic rings. The molecule has 1 aliphatic rings. The highest BCUT2D eigenvalue weighted by Crippen LogP contribution is 2.24. The molecular weight excluding hydrogens is 272 g/mol. The van der Waals surface area contributed by atoms with Gasteiger partial charge in [-0.2, -0.15) is 0 Å². The van der Waals surface area contributed by atoms with Gasteiger partial charge >= 0.3 is 0 Å². The second-order valence-electron chi connectivity index (χ2n) is 4.66. The Hall–Kier alpha value is -1.73. The zero-order chi connectivity index (χ0) is 13.8. The van der Waals surface area contributed by atoms with Crippen molar-refractivity contribution in [3.05, 3.63) is 29.5 Å². The Bertz CT molecular complexity index is 535. The lowest BCUT2D eigenvalue weighted by Gasteiger charge is -2.34. The molecule has 0 bridgehead atoms. The largest absolute Gasteiger partial charge is 0.345 e. The van der Waals surface area contributed by atoms with E-state index < -0.39 is 0 Å². The number of hydrogen-bond donors (Lipinski definition) is 1. The van der Waals surface area contributed by atoms with Crippen LogP contribution >= 0.6 is 11.3 Å². The van der Waals surface area contributed by atoms with Crippen LogP contribution < -0.4 is 15.1 Å². The fraction of sp³-hybridized carbons (Fsp3) is 0.462. The van der Waals surface area contributed by atoms with Crippen molar-refractivity contribution in [1.29, 1.82) is 0 Å². The van der Waals surface area contributed by atoms with E-state index in [0.29, 0.717) is 0 Å². The van der Waals surface area contributed by atoms with Gasteiger partial charge in [0, 0.05) is 56.2 Å². The van der Waals surface area contributed by atoms with Gasteiger partial charge in [0.05, 0.1) is 0 Å². The third-order valence-electron chi connectivity index (χ3n) is 3.28. The quantitative estimate of drug-likeness (QED) is 0.906. The summed E-state index contributed by atoms with van der Waals surface area (Å²) >= 11 is 1.76. The Balaban J connectivity index is 1.60. The average molecular weight is 290 g/mol. The molecule has 0 aromatic carbocycles. The highest BCUT2D eigenvalue weighted by Gasteiger charge is 2.20. The molecule has 1 aliphatic heterocycles. The minimum atomic E-state index is 0.821. The molecule has 0 aliphatic carbocycles. The summed E-state index contributed by atoms with van der Waals surface area (Å²) in [5, 5.41) is 4.27. The maximum Gasteiger partial charge on any atom is 0.225 e. The van der Waals surface area contributed by atoms with Crippen molar-refractivity contribution in [2.24, 2.45) is 0 Å². The van der Waals surface area contributed by atoms with E-state index in [-0.39, 0.29) is 0 Å². The minimum absolute atomic E-state index is 0.821. The van der Waals surface area contributed by atoms with Crippen LogP contribution in [0, 0.1) is 0 Å². The molecule has 1 fully saturated rings. The SMILES string of the molecule is CNCc1cnc(N2CCN(c3ncccn3)CC2)s1. The summed E-state index contributed by atoms with van der Waals surface area (Å²) in [7, 11) is 1.96. The molecule has 0 amide bonds. The number of nitrogens with zero attached hydrogens (tertiary/aromatic N) is 5. The van der Waals surface area contributed by atoms with E-state index in [1.807, 2.05) is 19.3 Å². The van der Waals surface area contributed by atoms with Crippen molar-refractivity contribution in [2.75, 3.05) is 43.0 Å². The Labute approximate surface area is 122 Å². The summed E-state index contributed by atoms with van der Waals surface area (Å²) < 4.78 is 0. The minimum Gasteiger partial charge on any atom is -0.345 e. The molecule has 6 nitrogen and oxygen atoms in total. The number of aromatic nitrogens is 3. The molecule has 2 aromatic heterocycles. The van der Waals surface area contributed by atoms with Gasteiger partial charge in [0.2, 0.25) is 5.95 Å². The van der Waals surface area contributed by atoms with Crippen molar-refractivity contribution >= 4 is 22.4 Å². The van der Waals surface area contributed by atoms with Gasteiger partial charge in [-0.25, -0.2) is 15.0 Å². The molecule has 20 heavy (non-hydrogen) atoms. The van der Waals surface area contributed by atoms with Crippen molar-refractivity contribution in [2.45, 2.75) is 6.54 Å². The van der Waals surface area contributed by atoms with Gasteiger partial charge in [0.25, 0.3) is 0 Å². The third kappa shape index (κ3) is 2.88. The molecule has 0 atom stereocenters. The molecule has 0 radical (unpaired) electrons. The number of hydrogen-bond acceptors (Lipinski definition) is 7. The number of piperazine rings is 1. The fourth-order valence-electron chi connectivity index (χ4n) is 2.25. The summed E-state index contributed by atoms with van der Waals surface area (Å²) in [6.07, 6.45) is 5.54. The predicted molar refractivity (Wildman–Crippen MR) is 81.3 cm³/mol. The molecule has 0 saturated carbocycles. The van der Waals surface area contributed by atoms with Gasteiger partial charge in [-0.05, 0) is 13.1 Å². The van der Waals surface area contributed by atoms with Gasteiger partial charge in [-0.15, -0.1) is 11.3 Å². The summed E-state index contributed by atoms with van der Waals surface area (Å²) in [6, 6.07) is 1.85. The van der Waals surface area contributed by atoms with Crippen LogP contribution in [0.25, 0.3) is 0 Å². The van der Waals surface area contributed by atoms with Crippen molar-refractivity contribution < 1.29 is 0 Å². The molecule has 7 heteroatoms. The third-order valence-corrected chi connectivity index (χ3v) is 4.34. The van der Waals surface area contributed by atoms with E-state index in [9.17, 15) is 0 Å². The van der Waals surface area contributed by atoms with Gasteiger partial charge < -0.3 is 15.1 Å². The first kappa shape index (κ1) is 13.3.